The predicted molar refractivity (Wildman–Crippen MR) is 106 cm³/mol. The average Bonchev–Trinajstić information content (AvgIpc) is 3.20. The number of hydrazone groups is 1. The number of para-hydroxylation sites is 3. The van der Waals surface area contributed by atoms with Crippen LogP contribution in [0.25, 0.3) is 21.9 Å². The number of H-pyrrole nitrogens is 2. The lowest BCUT2D eigenvalue weighted by Crippen LogP contribution is -2.19. The van der Waals surface area contributed by atoms with Crippen LogP contribution in [0.2, 0.25) is 0 Å². The molecule has 0 fully saturated rings. The highest BCUT2D eigenvalue weighted by molar-refractivity contribution is 7.99. The first-order chi connectivity index (χ1) is 12.7. The minimum absolute atomic E-state index is 0.177. The molecule has 0 unspecified atom stereocenters. The minimum atomic E-state index is -0.177. The number of benzene rings is 2. The summed E-state index contributed by atoms with van der Waals surface area (Å²) in [6.45, 7) is 1.99. The van der Waals surface area contributed by atoms with Crippen LogP contribution in [-0.4, -0.2) is 32.8 Å². The summed E-state index contributed by atoms with van der Waals surface area (Å²) < 4.78 is 0. The fourth-order valence-corrected chi connectivity index (χ4v) is 3.47. The van der Waals surface area contributed by atoms with Gasteiger partial charge in [-0.05, 0) is 25.1 Å². The normalized spacial score (nSPS) is 11.6. The van der Waals surface area contributed by atoms with Gasteiger partial charge < -0.3 is 9.97 Å². The van der Waals surface area contributed by atoms with Gasteiger partial charge in [0.15, 0.2) is 5.16 Å². The van der Waals surface area contributed by atoms with Gasteiger partial charge in [0.2, 0.25) is 0 Å². The lowest BCUT2D eigenvalue weighted by molar-refractivity contribution is -0.118. The second-order valence-electron chi connectivity index (χ2n) is 5.85. The Morgan fingerprint density at radius 2 is 1.92 bits per heavy atom. The van der Waals surface area contributed by atoms with E-state index in [1.165, 1.54) is 11.8 Å². The second kappa shape index (κ2) is 7.05. The third-order valence-electron chi connectivity index (χ3n) is 4.03. The first kappa shape index (κ1) is 16.4. The summed E-state index contributed by atoms with van der Waals surface area (Å²) in [6, 6.07) is 15.8. The minimum Gasteiger partial charge on any atom is -0.358 e. The molecule has 2 heterocycles. The largest absolute Gasteiger partial charge is 0.358 e. The fourth-order valence-electron chi connectivity index (χ4n) is 2.80. The first-order valence-electron chi connectivity index (χ1n) is 8.17. The van der Waals surface area contributed by atoms with Crippen molar-refractivity contribution in [3.63, 3.8) is 0 Å². The highest BCUT2D eigenvalue weighted by Crippen LogP contribution is 2.20. The molecule has 130 valence electrons. The van der Waals surface area contributed by atoms with E-state index in [0.29, 0.717) is 0 Å². The van der Waals surface area contributed by atoms with Crippen LogP contribution in [0.5, 0.6) is 0 Å². The third-order valence-corrected chi connectivity index (χ3v) is 4.91. The van der Waals surface area contributed by atoms with Crippen LogP contribution in [0.4, 0.5) is 0 Å². The van der Waals surface area contributed by atoms with Crippen molar-refractivity contribution in [1.29, 1.82) is 0 Å². The molecule has 2 aromatic heterocycles. The number of carbonyl (C=O) groups is 1. The topological polar surface area (TPSA) is 85.9 Å². The van der Waals surface area contributed by atoms with E-state index in [-0.39, 0.29) is 11.7 Å². The molecule has 0 bridgehead atoms. The van der Waals surface area contributed by atoms with Gasteiger partial charge in [-0.3, -0.25) is 4.79 Å². The lowest BCUT2D eigenvalue weighted by atomic mass is 10.1. The number of aromatic nitrogens is 3. The fraction of sp³-hybridized carbons (Fsp3) is 0.105. The van der Waals surface area contributed by atoms with Crippen molar-refractivity contribution in [2.45, 2.75) is 12.1 Å². The summed E-state index contributed by atoms with van der Waals surface area (Å²) in [5.74, 6) is 0.0634. The Hall–Kier alpha value is -3.06. The summed E-state index contributed by atoms with van der Waals surface area (Å²) >= 11 is 1.35. The summed E-state index contributed by atoms with van der Waals surface area (Å²) in [4.78, 5) is 22.9. The van der Waals surface area contributed by atoms with Crippen molar-refractivity contribution in [1.82, 2.24) is 20.4 Å². The van der Waals surface area contributed by atoms with Crippen molar-refractivity contribution in [2.24, 2.45) is 5.10 Å². The van der Waals surface area contributed by atoms with Crippen molar-refractivity contribution < 1.29 is 4.79 Å². The number of nitrogens with zero attached hydrogens (tertiary/aromatic N) is 2. The maximum atomic E-state index is 12.0. The zero-order valence-electron chi connectivity index (χ0n) is 14.1. The monoisotopic (exact) mass is 363 g/mol. The summed E-state index contributed by atoms with van der Waals surface area (Å²) in [5.41, 5.74) is 7.47. The van der Waals surface area contributed by atoms with Gasteiger partial charge in [-0.2, -0.15) is 5.10 Å². The molecule has 0 atom stereocenters. The van der Waals surface area contributed by atoms with Gasteiger partial charge in [-0.1, -0.05) is 42.1 Å². The third kappa shape index (κ3) is 3.34. The Labute approximate surface area is 154 Å². The first-order valence-corrected chi connectivity index (χ1v) is 9.16. The summed E-state index contributed by atoms with van der Waals surface area (Å²) in [5, 5.41) is 5.89. The molecule has 7 heteroatoms. The molecule has 0 aliphatic rings. The lowest BCUT2D eigenvalue weighted by Gasteiger charge is -1.98. The highest BCUT2D eigenvalue weighted by Gasteiger charge is 2.07. The quantitative estimate of drug-likeness (QED) is 0.288. The molecular weight excluding hydrogens is 346 g/mol. The van der Waals surface area contributed by atoms with E-state index in [4.69, 9.17) is 0 Å². The van der Waals surface area contributed by atoms with Crippen LogP contribution >= 0.6 is 11.8 Å². The molecule has 4 aromatic rings. The Balaban J connectivity index is 1.37. The van der Waals surface area contributed by atoms with Gasteiger partial charge in [0.05, 0.1) is 23.0 Å². The number of hydrogen-bond acceptors (Lipinski definition) is 4. The molecule has 2 aromatic carbocycles. The van der Waals surface area contributed by atoms with Gasteiger partial charge in [0.1, 0.15) is 0 Å². The van der Waals surface area contributed by atoms with Gasteiger partial charge in [0, 0.05) is 22.2 Å². The van der Waals surface area contributed by atoms with E-state index >= 15 is 0 Å². The van der Waals surface area contributed by atoms with Gasteiger partial charge in [-0.15, -0.1) is 0 Å². The van der Waals surface area contributed by atoms with E-state index in [2.05, 4.69) is 25.5 Å². The zero-order valence-corrected chi connectivity index (χ0v) is 14.9. The maximum Gasteiger partial charge on any atom is 0.250 e. The van der Waals surface area contributed by atoms with E-state index in [9.17, 15) is 4.79 Å². The molecule has 1 amide bonds. The van der Waals surface area contributed by atoms with E-state index in [0.717, 1.165) is 38.4 Å². The number of imidazole rings is 1. The Kier molecular flexibility index (Phi) is 4.45. The molecule has 0 saturated carbocycles. The summed E-state index contributed by atoms with van der Waals surface area (Å²) in [6.07, 6.45) is 1.68. The molecule has 0 spiro atoms. The maximum absolute atomic E-state index is 12.0. The van der Waals surface area contributed by atoms with E-state index < -0.39 is 0 Å². The number of nitrogens with one attached hydrogen (secondary N) is 3. The van der Waals surface area contributed by atoms with Gasteiger partial charge in [-0.25, -0.2) is 10.4 Å². The second-order valence-corrected chi connectivity index (χ2v) is 6.81. The Bertz CT molecular complexity index is 1080. The molecule has 4 rings (SSSR count). The highest BCUT2D eigenvalue weighted by atomic mass is 32.2. The number of aryl methyl sites for hydroxylation is 1. The Morgan fingerprint density at radius 1 is 1.15 bits per heavy atom. The molecule has 0 aliphatic heterocycles. The van der Waals surface area contributed by atoms with E-state index in [1.54, 1.807) is 6.21 Å². The average molecular weight is 363 g/mol. The summed E-state index contributed by atoms with van der Waals surface area (Å²) in [7, 11) is 0. The van der Waals surface area contributed by atoms with Gasteiger partial charge >= 0.3 is 0 Å². The van der Waals surface area contributed by atoms with Crippen LogP contribution < -0.4 is 5.43 Å². The predicted octanol–water partition coefficient (Wildman–Crippen LogP) is 3.60. The van der Waals surface area contributed by atoms with Crippen LogP contribution in [0.15, 0.2) is 58.8 Å². The Morgan fingerprint density at radius 3 is 2.77 bits per heavy atom. The standard InChI is InChI=1S/C19H17N5OS/c1-12-14(13-6-2-3-7-15(13)21-12)10-20-24-18(25)11-26-19-22-16-8-4-5-9-17(16)23-19/h2-10,21H,11H2,1H3,(H,22,23)(H,24,25)/b20-10-. The molecule has 3 N–H and O–H groups in total. The van der Waals surface area contributed by atoms with Crippen LogP contribution in [0, 0.1) is 6.92 Å². The van der Waals surface area contributed by atoms with Crippen LogP contribution in [0.3, 0.4) is 0 Å². The SMILES string of the molecule is Cc1[nH]c2ccccc2c1/C=N\NC(=O)CSc1nc2ccccc2[nH]1. The number of thioether (sulfide) groups is 1. The van der Waals surface area contributed by atoms with Crippen molar-refractivity contribution in [3.8, 4) is 0 Å². The number of carbonyl (C=O) groups excluding carboxylic acids is 1. The zero-order chi connectivity index (χ0) is 17.9. The number of rotatable bonds is 5. The molecule has 26 heavy (non-hydrogen) atoms. The van der Waals surface area contributed by atoms with Crippen molar-refractivity contribution in [3.05, 3.63) is 59.8 Å². The smallest absolute Gasteiger partial charge is 0.250 e. The number of hydrogen-bond donors (Lipinski definition) is 3. The van der Waals surface area contributed by atoms with E-state index in [1.807, 2.05) is 55.5 Å². The van der Waals surface area contributed by atoms with Crippen LogP contribution in [-0.2, 0) is 4.79 Å². The number of amides is 1. The molecule has 0 aliphatic carbocycles. The number of aromatic amines is 2. The van der Waals surface area contributed by atoms with Crippen molar-refractivity contribution >= 4 is 45.8 Å². The molecule has 6 nitrogen and oxygen atoms in total. The van der Waals surface area contributed by atoms with Crippen LogP contribution in [0.1, 0.15) is 11.3 Å². The molecule has 0 radical (unpaired) electrons. The molecule has 0 saturated heterocycles. The van der Waals surface area contributed by atoms with Crippen molar-refractivity contribution in [2.75, 3.05) is 5.75 Å². The number of fused-ring (bicyclic) bond motifs is 2. The molecular formula is C19H17N5OS. The van der Waals surface area contributed by atoms with Gasteiger partial charge in [0.25, 0.3) is 5.91 Å².